The summed E-state index contributed by atoms with van der Waals surface area (Å²) in [6.45, 7) is 2.31. The molecule has 3 rings (SSSR count). The molecule has 1 unspecified atom stereocenters. The van der Waals surface area contributed by atoms with Gasteiger partial charge in [-0.3, -0.25) is 9.69 Å². The average molecular weight is 421 g/mol. The van der Waals surface area contributed by atoms with E-state index in [2.05, 4.69) is 4.90 Å². The van der Waals surface area contributed by atoms with Crippen molar-refractivity contribution in [2.45, 2.75) is 56.7 Å². The lowest BCUT2D eigenvalue weighted by Crippen LogP contribution is -2.54. The maximum absolute atomic E-state index is 13.0. The minimum absolute atomic E-state index is 0. The molecular weight excluding hydrogens is 393 g/mol. The van der Waals surface area contributed by atoms with Crippen molar-refractivity contribution in [3.05, 3.63) is 33.8 Å². The Hall–Kier alpha value is -0.520. The van der Waals surface area contributed by atoms with Crippen LogP contribution >= 0.6 is 35.6 Å². The number of benzene rings is 1. The number of carbonyl (C=O) groups is 1. The number of carbonyl (C=O) groups excluding carboxylic acids is 1. The van der Waals surface area contributed by atoms with Crippen LogP contribution in [-0.2, 0) is 4.79 Å². The van der Waals surface area contributed by atoms with E-state index in [1.165, 1.54) is 32.1 Å². The molecule has 0 aromatic heterocycles. The molecule has 7 heteroatoms. The van der Waals surface area contributed by atoms with Crippen molar-refractivity contribution >= 4 is 41.5 Å². The van der Waals surface area contributed by atoms with Gasteiger partial charge in [0, 0.05) is 19.1 Å². The van der Waals surface area contributed by atoms with Crippen LogP contribution in [0.5, 0.6) is 0 Å². The Balaban J connectivity index is 0.00000243. The monoisotopic (exact) mass is 419 g/mol. The molecule has 2 aliphatic rings. The third kappa shape index (κ3) is 4.66. The van der Waals surface area contributed by atoms with Crippen LogP contribution in [0.25, 0.3) is 0 Å². The maximum atomic E-state index is 13.0. The van der Waals surface area contributed by atoms with E-state index in [4.69, 9.17) is 28.9 Å². The molecule has 1 saturated heterocycles. The number of amides is 1. The molecule has 0 spiro atoms. The quantitative estimate of drug-likeness (QED) is 0.791. The Morgan fingerprint density at radius 2 is 1.81 bits per heavy atom. The molecule has 1 aromatic carbocycles. The maximum Gasteiger partial charge on any atom is 0.244 e. The molecule has 0 bridgehead atoms. The first-order chi connectivity index (χ1) is 12.0. The van der Waals surface area contributed by atoms with Crippen LogP contribution in [0.4, 0.5) is 0 Å². The summed E-state index contributed by atoms with van der Waals surface area (Å²) in [5.41, 5.74) is 6.97. The van der Waals surface area contributed by atoms with Crippen LogP contribution in [0.2, 0.25) is 10.0 Å². The Bertz CT molecular complexity index is 622. The molecule has 146 valence electrons. The van der Waals surface area contributed by atoms with Gasteiger partial charge in [-0.2, -0.15) is 0 Å². The summed E-state index contributed by atoms with van der Waals surface area (Å²) in [5.74, 6) is -0.0468. The highest BCUT2D eigenvalue weighted by Crippen LogP contribution is 2.31. The van der Waals surface area contributed by atoms with Gasteiger partial charge in [0.2, 0.25) is 5.91 Å². The highest BCUT2D eigenvalue weighted by molar-refractivity contribution is 6.42. The van der Waals surface area contributed by atoms with Crippen molar-refractivity contribution in [2.24, 2.45) is 5.73 Å². The zero-order valence-electron chi connectivity index (χ0n) is 15.2. The molecule has 2 fully saturated rings. The van der Waals surface area contributed by atoms with Crippen LogP contribution in [0.3, 0.4) is 0 Å². The number of rotatable bonds is 4. The van der Waals surface area contributed by atoms with Gasteiger partial charge in [-0.25, -0.2) is 0 Å². The Kier molecular flexibility index (Phi) is 8.05. The fraction of sp³-hybridized carbons (Fsp3) is 0.632. The van der Waals surface area contributed by atoms with Crippen LogP contribution in [-0.4, -0.2) is 47.9 Å². The predicted molar refractivity (Wildman–Crippen MR) is 110 cm³/mol. The van der Waals surface area contributed by atoms with Crippen LogP contribution < -0.4 is 5.73 Å². The highest BCUT2D eigenvalue weighted by atomic mass is 35.5. The van der Waals surface area contributed by atoms with Crippen molar-refractivity contribution in [1.29, 1.82) is 0 Å². The topological polar surface area (TPSA) is 49.6 Å². The smallest absolute Gasteiger partial charge is 0.244 e. The van der Waals surface area contributed by atoms with Gasteiger partial charge < -0.3 is 10.6 Å². The van der Waals surface area contributed by atoms with Crippen molar-refractivity contribution < 1.29 is 4.79 Å². The third-order valence-corrected chi connectivity index (χ3v) is 6.46. The minimum Gasteiger partial charge on any atom is -0.340 e. The molecule has 26 heavy (non-hydrogen) atoms. The average Bonchev–Trinajstić information content (AvgIpc) is 3.16. The number of nitrogens with two attached hydrogens (primary N) is 1. The molecule has 1 aliphatic heterocycles. The number of likely N-dealkylation sites (tertiary alicyclic amines) is 1. The second kappa shape index (κ2) is 9.61. The van der Waals surface area contributed by atoms with Gasteiger partial charge >= 0.3 is 0 Å². The van der Waals surface area contributed by atoms with E-state index in [-0.39, 0.29) is 24.4 Å². The van der Waals surface area contributed by atoms with Crippen molar-refractivity contribution in [1.82, 2.24) is 9.80 Å². The van der Waals surface area contributed by atoms with Crippen LogP contribution in [0.1, 0.15) is 50.1 Å². The molecule has 1 aromatic rings. The molecular formula is C19H28Cl3N3O. The summed E-state index contributed by atoms with van der Waals surface area (Å²) < 4.78 is 0. The lowest BCUT2D eigenvalue weighted by Gasteiger charge is -2.43. The third-order valence-electron chi connectivity index (χ3n) is 5.72. The number of hydrogen-bond donors (Lipinski definition) is 1. The second-order valence-corrected chi connectivity index (χ2v) is 8.08. The molecule has 1 saturated carbocycles. The SMILES string of the molecule is CN(C(=O)C(N)c1ccc(Cl)c(Cl)c1)[C@@H]1CCCC[C@H]1N1CCCC1.Cl. The van der Waals surface area contributed by atoms with E-state index in [1.54, 1.807) is 18.2 Å². The number of hydrogen-bond acceptors (Lipinski definition) is 3. The van der Waals surface area contributed by atoms with Gasteiger partial charge in [0.15, 0.2) is 0 Å². The first-order valence-corrected chi connectivity index (χ1v) is 9.96. The van der Waals surface area contributed by atoms with E-state index >= 15 is 0 Å². The van der Waals surface area contributed by atoms with Crippen molar-refractivity contribution in [3.63, 3.8) is 0 Å². The lowest BCUT2D eigenvalue weighted by molar-refractivity contribution is -0.135. The normalized spacial score (nSPS) is 24.8. The van der Waals surface area contributed by atoms with Crippen molar-refractivity contribution in [3.8, 4) is 0 Å². The Morgan fingerprint density at radius 1 is 1.15 bits per heavy atom. The van der Waals surface area contributed by atoms with Gasteiger partial charge in [-0.1, -0.05) is 42.1 Å². The lowest BCUT2D eigenvalue weighted by atomic mass is 9.88. The minimum atomic E-state index is -0.707. The zero-order valence-corrected chi connectivity index (χ0v) is 17.5. The van der Waals surface area contributed by atoms with Crippen LogP contribution in [0, 0.1) is 0 Å². The Labute approximate surface area is 172 Å². The molecule has 1 aliphatic carbocycles. The number of nitrogens with zero attached hydrogens (tertiary/aromatic N) is 2. The number of likely N-dealkylation sites (N-methyl/N-ethyl adjacent to an activating group) is 1. The van der Waals surface area contributed by atoms with Crippen LogP contribution in [0.15, 0.2) is 18.2 Å². The van der Waals surface area contributed by atoms with E-state index < -0.39 is 6.04 Å². The van der Waals surface area contributed by atoms with Gasteiger partial charge in [-0.05, 0) is 56.5 Å². The fourth-order valence-corrected chi connectivity index (χ4v) is 4.58. The summed E-state index contributed by atoms with van der Waals surface area (Å²) in [4.78, 5) is 17.5. The number of halogens is 3. The second-order valence-electron chi connectivity index (χ2n) is 7.26. The van der Waals surface area contributed by atoms with E-state index in [9.17, 15) is 4.79 Å². The first kappa shape index (κ1) is 21.8. The van der Waals surface area contributed by atoms with Crippen molar-refractivity contribution in [2.75, 3.05) is 20.1 Å². The summed E-state index contributed by atoms with van der Waals surface area (Å²) in [5, 5.41) is 0.900. The van der Waals surface area contributed by atoms with Gasteiger partial charge in [-0.15, -0.1) is 12.4 Å². The van der Waals surface area contributed by atoms with E-state index in [0.717, 1.165) is 19.5 Å². The molecule has 1 heterocycles. The Morgan fingerprint density at radius 3 is 2.46 bits per heavy atom. The standard InChI is InChI=1S/C19H27Cl2N3O.ClH/c1-23(16-6-2-3-7-17(16)24-10-4-5-11-24)19(25)18(22)13-8-9-14(20)15(21)12-13;/h8-9,12,16-18H,2-7,10-11,22H2,1H3;1H/t16-,17-,18?;/m1./s1. The van der Waals surface area contributed by atoms with E-state index in [0.29, 0.717) is 21.7 Å². The molecule has 1 amide bonds. The summed E-state index contributed by atoms with van der Waals surface area (Å²) in [7, 11) is 1.90. The molecule has 3 atom stereocenters. The summed E-state index contributed by atoms with van der Waals surface area (Å²) in [6, 6.07) is 5.17. The van der Waals surface area contributed by atoms with Gasteiger partial charge in [0.25, 0.3) is 0 Å². The largest absolute Gasteiger partial charge is 0.340 e. The molecule has 4 nitrogen and oxygen atoms in total. The fourth-order valence-electron chi connectivity index (χ4n) is 4.27. The predicted octanol–water partition coefficient (Wildman–Crippen LogP) is 4.28. The molecule has 2 N–H and O–H groups in total. The summed E-state index contributed by atoms with van der Waals surface area (Å²) in [6.07, 6.45) is 7.18. The summed E-state index contributed by atoms with van der Waals surface area (Å²) >= 11 is 12.0. The first-order valence-electron chi connectivity index (χ1n) is 9.20. The highest BCUT2D eigenvalue weighted by Gasteiger charge is 2.36. The zero-order chi connectivity index (χ0) is 18.0. The van der Waals surface area contributed by atoms with Gasteiger partial charge in [0.05, 0.1) is 10.0 Å². The van der Waals surface area contributed by atoms with Gasteiger partial charge in [0.1, 0.15) is 6.04 Å². The van der Waals surface area contributed by atoms with E-state index in [1.807, 2.05) is 11.9 Å². The molecule has 0 radical (unpaired) electrons.